The summed E-state index contributed by atoms with van der Waals surface area (Å²) in [6, 6.07) is 4.09. The van der Waals surface area contributed by atoms with E-state index < -0.39 is 0 Å². The number of benzene rings is 1. The molecule has 1 rings (SSSR count). The van der Waals surface area contributed by atoms with Crippen molar-refractivity contribution < 1.29 is 4.79 Å². The molecule has 13 heavy (non-hydrogen) atoms. The standard InChI is InChI=1S/C11H13BrO/c1-7-4-10(5-8(2)13)6-11(12)9(7)3/h4,6H,5H2,1-3H3. The molecule has 0 N–H and O–H groups in total. The van der Waals surface area contributed by atoms with Crippen molar-refractivity contribution >= 4 is 21.7 Å². The summed E-state index contributed by atoms with van der Waals surface area (Å²) in [6.07, 6.45) is 0.528. The molecule has 0 aliphatic heterocycles. The molecule has 0 amide bonds. The number of ketones is 1. The van der Waals surface area contributed by atoms with E-state index in [4.69, 9.17) is 0 Å². The van der Waals surface area contributed by atoms with Crippen LogP contribution in [-0.2, 0) is 11.2 Å². The SMILES string of the molecule is CC(=O)Cc1cc(C)c(C)c(Br)c1. The van der Waals surface area contributed by atoms with Gasteiger partial charge < -0.3 is 0 Å². The van der Waals surface area contributed by atoms with Crippen LogP contribution in [0.2, 0.25) is 0 Å². The summed E-state index contributed by atoms with van der Waals surface area (Å²) in [6.45, 7) is 5.74. The van der Waals surface area contributed by atoms with E-state index >= 15 is 0 Å². The second-order valence-corrected chi connectivity index (χ2v) is 4.25. The van der Waals surface area contributed by atoms with Crippen molar-refractivity contribution in [2.45, 2.75) is 27.2 Å². The first-order chi connectivity index (χ1) is 6.00. The number of carbonyl (C=O) groups excluding carboxylic acids is 1. The van der Waals surface area contributed by atoms with Gasteiger partial charge in [-0.05, 0) is 43.5 Å². The Balaban J connectivity index is 3.06. The molecule has 0 atom stereocenters. The van der Waals surface area contributed by atoms with Crippen LogP contribution in [0, 0.1) is 13.8 Å². The molecule has 0 spiro atoms. The van der Waals surface area contributed by atoms with Crippen LogP contribution in [0.3, 0.4) is 0 Å². The molecule has 0 saturated heterocycles. The molecular weight excluding hydrogens is 228 g/mol. The average molecular weight is 241 g/mol. The largest absolute Gasteiger partial charge is 0.300 e. The first kappa shape index (κ1) is 10.5. The predicted octanol–water partition coefficient (Wildman–Crippen LogP) is 3.20. The van der Waals surface area contributed by atoms with Crippen LogP contribution in [0.1, 0.15) is 23.6 Å². The van der Waals surface area contributed by atoms with Gasteiger partial charge in [0.1, 0.15) is 5.78 Å². The molecule has 1 nitrogen and oxygen atoms in total. The fourth-order valence-electron chi connectivity index (χ4n) is 1.28. The lowest BCUT2D eigenvalue weighted by atomic mass is 10.0. The first-order valence-corrected chi connectivity index (χ1v) is 5.05. The summed E-state index contributed by atoms with van der Waals surface area (Å²) in [4.78, 5) is 10.9. The normalized spacial score (nSPS) is 10.2. The van der Waals surface area contributed by atoms with Gasteiger partial charge in [0.2, 0.25) is 0 Å². The van der Waals surface area contributed by atoms with E-state index in [1.54, 1.807) is 6.92 Å². The van der Waals surface area contributed by atoms with Crippen molar-refractivity contribution in [1.82, 2.24) is 0 Å². The van der Waals surface area contributed by atoms with Gasteiger partial charge in [-0.3, -0.25) is 4.79 Å². The van der Waals surface area contributed by atoms with Gasteiger partial charge in [0.05, 0.1) is 0 Å². The van der Waals surface area contributed by atoms with Gasteiger partial charge in [0, 0.05) is 10.9 Å². The van der Waals surface area contributed by atoms with Gasteiger partial charge in [-0.2, -0.15) is 0 Å². The molecular formula is C11H13BrO. The van der Waals surface area contributed by atoms with E-state index in [2.05, 4.69) is 35.8 Å². The van der Waals surface area contributed by atoms with Crippen LogP contribution < -0.4 is 0 Å². The number of hydrogen-bond acceptors (Lipinski definition) is 1. The van der Waals surface area contributed by atoms with Crippen LogP contribution >= 0.6 is 15.9 Å². The Kier molecular flexibility index (Phi) is 3.26. The number of halogens is 1. The average Bonchev–Trinajstić information content (AvgIpc) is 1.98. The fourth-order valence-corrected chi connectivity index (χ4v) is 1.88. The molecule has 2 heteroatoms. The number of aryl methyl sites for hydroxylation is 1. The van der Waals surface area contributed by atoms with Crippen LogP contribution in [-0.4, -0.2) is 5.78 Å². The van der Waals surface area contributed by atoms with Gasteiger partial charge in [0.15, 0.2) is 0 Å². The predicted molar refractivity (Wildman–Crippen MR) is 58.0 cm³/mol. The Labute approximate surface area is 87.3 Å². The molecule has 0 unspecified atom stereocenters. The van der Waals surface area contributed by atoms with Crippen molar-refractivity contribution in [3.05, 3.63) is 33.3 Å². The number of rotatable bonds is 2. The van der Waals surface area contributed by atoms with E-state index in [1.165, 1.54) is 11.1 Å². The zero-order valence-corrected chi connectivity index (χ0v) is 9.73. The van der Waals surface area contributed by atoms with E-state index in [0.29, 0.717) is 6.42 Å². The van der Waals surface area contributed by atoms with Crippen molar-refractivity contribution in [2.24, 2.45) is 0 Å². The molecule has 0 radical (unpaired) electrons. The van der Waals surface area contributed by atoms with E-state index in [9.17, 15) is 4.79 Å². The Bertz CT molecular complexity index is 319. The van der Waals surface area contributed by atoms with Crippen LogP contribution in [0.25, 0.3) is 0 Å². The van der Waals surface area contributed by atoms with E-state index in [0.717, 1.165) is 10.0 Å². The maximum Gasteiger partial charge on any atom is 0.134 e. The van der Waals surface area contributed by atoms with Crippen molar-refractivity contribution in [3.63, 3.8) is 0 Å². The minimum Gasteiger partial charge on any atom is -0.300 e. The first-order valence-electron chi connectivity index (χ1n) is 4.25. The summed E-state index contributed by atoms with van der Waals surface area (Å²) in [5, 5.41) is 0. The smallest absolute Gasteiger partial charge is 0.134 e. The van der Waals surface area contributed by atoms with Crippen molar-refractivity contribution in [2.75, 3.05) is 0 Å². The van der Waals surface area contributed by atoms with Crippen LogP contribution in [0.5, 0.6) is 0 Å². The maximum absolute atomic E-state index is 10.9. The molecule has 0 fully saturated rings. The van der Waals surface area contributed by atoms with Gasteiger partial charge >= 0.3 is 0 Å². The topological polar surface area (TPSA) is 17.1 Å². The quantitative estimate of drug-likeness (QED) is 0.777. The summed E-state index contributed by atoms with van der Waals surface area (Å²) >= 11 is 3.48. The highest BCUT2D eigenvalue weighted by molar-refractivity contribution is 9.10. The van der Waals surface area contributed by atoms with Gasteiger partial charge in [-0.1, -0.05) is 22.0 Å². The minimum atomic E-state index is 0.204. The Morgan fingerprint density at radius 3 is 2.46 bits per heavy atom. The Morgan fingerprint density at radius 1 is 1.38 bits per heavy atom. The zero-order valence-electron chi connectivity index (χ0n) is 8.15. The van der Waals surface area contributed by atoms with E-state index in [-0.39, 0.29) is 5.78 Å². The Hall–Kier alpha value is -0.630. The third kappa shape index (κ3) is 2.66. The molecule has 0 aromatic heterocycles. The highest BCUT2D eigenvalue weighted by atomic mass is 79.9. The summed E-state index contributed by atoms with van der Waals surface area (Å²) in [5.74, 6) is 0.204. The third-order valence-electron chi connectivity index (χ3n) is 2.12. The van der Waals surface area contributed by atoms with Crippen molar-refractivity contribution in [3.8, 4) is 0 Å². The van der Waals surface area contributed by atoms with E-state index in [1.807, 2.05) is 6.07 Å². The molecule has 0 bridgehead atoms. The zero-order chi connectivity index (χ0) is 10.0. The molecule has 0 saturated carbocycles. The fraction of sp³-hybridized carbons (Fsp3) is 0.364. The molecule has 1 aromatic carbocycles. The number of Topliss-reactive ketones (excluding diaryl/α,β-unsaturated/α-hetero) is 1. The molecule has 0 aliphatic carbocycles. The monoisotopic (exact) mass is 240 g/mol. The van der Waals surface area contributed by atoms with Gasteiger partial charge in [-0.15, -0.1) is 0 Å². The number of carbonyl (C=O) groups is 1. The van der Waals surface area contributed by atoms with Crippen LogP contribution in [0.4, 0.5) is 0 Å². The molecule has 0 heterocycles. The molecule has 1 aromatic rings. The molecule has 70 valence electrons. The Morgan fingerprint density at radius 2 is 2.00 bits per heavy atom. The highest BCUT2D eigenvalue weighted by Gasteiger charge is 2.03. The number of hydrogen-bond donors (Lipinski definition) is 0. The lowest BCUT2D eigenvalue weighted by Crippen LogP contribution is -1.97. The summed E-state index contributed by atoms with van der Waals surface area (Å²) in [5.41, 5.74) is 3.56. The van der Waals surface area contributed by atoms with Gasteiger partial charge in [-0.25, -0.2) is 0 Å². The van der Waals surface area contributed by atoms with Crippen LogP contribution in [0.15, 0.2) is 16.6 Å². The third-order valence-corrected chi connectivity index (χ3v) is 2.94. The van der Waals surface area contributed by atoms with Gasteiger partial charge in [0.25, 0.3) is 0 Å². The minimum absolute atomic E-state index is 0.204. The lowest BCUT2D eigenvalue weighted by molar-refractivity contribution is -0.116. The summed E-state index contributed by atoms with van der Waals surface area (Å²) < 4.78 is 1.09. The molecule has 0 aliphatic rings. The lowest BCUT2D eigenvalue weighted by Gasteiger charge is -2.06. The summed E-state index contributed by atoms with van der Waals surface area (Å²) in [7, 11) is 0. The second kappa shape index (κ2) is 4.05. The second-order valence-electron chi connectivity index (χ2n) is 3.40. The van der Waals surface area contributed by atoms with Crippen molar-refractivity contribution in [1.29, 1.82) is 0 Å². The highest BCUT2D eigenvalue weighted by Crippen LogP contribution is 2.21. The maximum atomic E-state index is 10.9.